The lowest BCUT2D eigenvalue weighted by Gasteiger charge is -2.29. The summed E-state index contributed by atoms with van der Waals surface area (Å²) in [4.78, 5) is 2.53. The van der Waals surface area contributed by atoms with Gasteiger partial charge >= 0.3 is 0 Å². The highest BCUT2D eigenvalue weighted by Crippen LogP contribution is 2.22. The summed E-state index contributed by atoms with van der Waals surface area (Å²) >= 11 is 6.07. The van der Waals surface area contributed by atoms with E-state index in [9.17, 15) is 0 Å². The molecule has 0 saturated carbocycles. The Morgan fingerprint density at radius 2 is 2.21 bits per heavy atom. The van der Waals surface area contributed by atoms with Crippen LogP contribution in [0.15, 0.2) is 24.3 Å². The van der Waals surface area contributed by atoms with Gasteiger partial charge in [0.2, 0.25) is 0 Å². The van der Waals surface area contributed by atoms with Crippen LogP contribution in [0, 0.1) is 0 Å². The fraction of sp³-hybridized carbons (Fsp3) is 0.625. The van der Waals surface area contributed by atoms with Crippen LogP contribution in [-0.2, 0) is 0 Å². The monoisotopic (exact) mass is 280 g/mol. The molecule has 106 valence electrons. The number of nitrogens with zero attached hydrogens (tertiary/aromatic N) is 1. The molecule has 3 heteroatoms. The SMILES string of the molecule is CC(CN(C)C1CCCNCC1)c1cccc(Cl)c1. The minimum atomic E-state index is 0.528. The van der Waals surface area contributed by atoms with Crippen LogP contribution in [0.4, 0.5) is 0 Å². The second-order valence-corrected chi connectivity index (χ2v) is 6.17. The van der Waals surface area contributed by atoms with Crippen LogP contribution in [-0.4, -0.2) is 37.6 Å². The number of benzene rings is 1. The normalized spacial score (nSPS) is 22.2. The van der Waals surface area contributed by atoms with Gasteiger partial charge in [-0.25, -0.2) is 0 Å². The maximum Gasteiger partial charge on any atom is 0.0408 e. The van der Waals surface area contributed by atoms with Gasteiger partial charge in [0, 0.05) is 17.6 Å². The first kappa shape index (κ1) is 14.8. The Bertz CT molecular complexity index is 386. The van der Waals surface area contributed by atoms with E-state index in [0.717, 1.165) is 24.2 Å². The molecule has 2 unspecified atom stereocenters. The van der Waals surface area contributed by atoms with Gasteiger partial charge in [0.25, 0.3) is 0 Å². The lowest BCUT2D eigenvalue weighted by molar-refractivity contribution is 0.215. The van der Waals surface area contributed by atoms with Gasteiger partial charge in [-0.3, -0.25) is 0 Å². The van der Waals surface area contributed by atoms with Crippen LogP contribution in [0.5, 0.6) is 0 Å². The van der Waals surface area contributed by atoms with Crippen LogP contribution in [0.3, 0.4) is 0 Å². The number of hydrogen-bond acceptors (Lipinski definition) is 2. The molecule has 2 nitrogen and oxygen atoms in total. The molecule has 1 aromatic carbocycles. The van der Waals surface area contributed by atoms with Crippen molar-refractivity contribution in [3.63, 3.8) is 0 Å². The van der Waals surface area contributed by atoms with E-state index in [2.05, 4.69) is 36.3 Å². The molecule has 0 aliphatic carbocycles. The van der Waals surface area contributed by atoms with Gasteiger partial charge in [0.05, 0.1) is 0 Å². The molecule has 0 amide bonds. The molecule has 1 fully saturated rings. The van der Waals surface area contributed by atoms with Crippen molar-refractivity contribution >= 4 is 11.6 Å². The molecule has 1 aromatic rings. The van der Waals surface area contributed by atoms with Gasteiger partial charge in [-0.2, -0.15) is 0 Å². The Morgan fingerprint density at radius 1 is 1.37 bits per heavy atom. The van der Waals surface area contributed by atoms with Gasteiger partial charge in [0.15, 0.2) is 0 Å². The maximum absolute atomic E-state index is 6.07. The predicted molar refractivity (Wildman–Crippen MR) is 83.0 cm³/mol. The second kappa shape index (κ2) is 7.28. The summed E-state index contributed by atoms with van der Waals surface area (Å²) in [6.07, 6.45) is 3.87. The summed E-state index contributed by atoms with van der Waals surface area (Å²) in [6, 6.07) is 8.98. The Kier molecular flexibility index (Phi) is 5.68. The van der Waals surface area contributed by atoms with Crippen molar-refractivity contribution in [2.75, 3.05) is 26.7 Å². The summed E-state index contributed by atoms with van der Waals surface area (Å²) in [6.45, 7) is 5.72. The van der Waals surface area contributed by atoms with Crippen LogP contribution in [0.2, 0.25) is 5.02 Å². The average molecular weight is 281 g/mol. The quantitative estimate of drug-likeness (QED) is 0.908. The topological polar surface area (TPSA) is 15.3 Å². The van der Waals surface area contributed by atoms with E-state index < -0.39 is 0 Å². The molecule has 1 aliphatic heterocycles. The van der Waals surface area contributed by atoms with Crippen molar-refractivity contribution in [2.45, 2.75) is 38.1 Å². The largest absolute Gasteiger partial charge is 0.317 e. The molecule has 19 heavy (non-hydrogen) atoms. The van der Waals surface area contributed by atoms with E-state index in [1.54, 1.807) is 0 Å². The first-order valence-electron chi connectivity index (χ1n) is 7.33. The molecule has 2 atom stereocenters. The molecule has 1 N–H and O–H groups in total. The molecular weight excluding hydrogens is 256 g/mol. The van der Waals surface area contributed by atoms with Gasteiger partial charge in [0.1, 0.15) is 0 Å². The fourth-order valence-electron chi connectivity index (χ4n) is 2.94. The van der Waals surface area contributed by atoms with Crippen molar-refractivity contribution in [1.82, 2.24) is 10.2 Å². The van der Waals surface area contributed by atoms with E-state index in [4.69, 9.17) is 11.6 Å². The Balaban J connectivity index is 1.92. The molecule has 0 spiro atoms. The first-order valence-corrected chi connectivity index (χ1v) is 7.71. The summed E-state index contributed by atoms with van der Waals surface area (Å²) in [5.41, 5.74) is 1.34. The van der Waals surface area contributed by atoms with Crippen LogP contribution < -0.4 is 5.32 Å². The van der Waals surface area contributed by atoms with Crippen LogP contribution in [0.25, 0.3) is 0 Å². The van der Waals surface area contributed by atoms with Crippen LogP contribution >= 0.6 is 11.6 Å². The highest BCUT2D eigenvalue weighted by Gasteiger charge is 2.18. The van der Waals surface area contributed by atoms with E-state index in [1.807, 2.05) is 12.1 Å². The zero-order valence-corrected chi connectivity index (χ0v) is 12.8. The molecule has 0 radical (unpaired) electrons. The number of hydrogen-bond donors (Lipinski definition) is 1. The standard InChI is InChI=1S/C16H25ClN2/c1-13(14-5-3-6-15(17)11-14)12-19(2)16-7-4-9-18-10-8-16/h3,5-6,11,13,16,18H,4,7-10,12H2,1-2H3. The minimum absolute atomic E-state index is 0.528. The molecule has 1 aliphatic rings. The molecule has 2 rings (SSSR count). The van der Waals surface area contributed by atoms with E-state index >= 15 is 0 Å². The number of rotatable bonds is 4. The highest BCUT2D eigenvalue weighted by molar-refractivity contribution is 6.30. The van der Waals surface area contributed by atoms with Gasteiger partial charge < -0.3 is 10.2 Å². The van der Waals surface area contributed by atoms with Crippen molar-refractivity contribution in [3.05, 3.63) is 34.9 Å². The zero-order chi connectivity index (χ0) is 13.7. The zero-order valence-electron chi connectivity index (χ0n) is 12.0. The van der Waals surface area contributed by atoms with Crippen molar-refractivity contribution in [2.24, 2.45) is 0 Å². The second-order valence-electron chi connectivity index (χ2n) is 5.73. The molecule has 1 saturated heterocycles. The Hall–Kier alpha value is -0.570. The van der Waals surface area contributed by atoms with Crippen molar-refractivity contribution in [3.8, 4) is 0 Å². The first-order chi connectivity index (χ1) is 9.16. The Labute approximate surface area is 122 Å². The molecule has 0 bridgehead atoms. The molecular formula is C16H25ClN2. The maximum atomic E-state index is 6.07. The number of nitrogens with one attached hydrogen (secondary N) is 1. The number of halogens is 1. The number of likely N-dealkylation sites (N-methyl/N-ethyl adjacent to an activating group) is 1. The van der Waals surface area contributed by atoms with Crippen molar-refractivity contribution in [1.29, 1.82) is 0 Å². The predicted octanol–water partition coefficient (Wildman–Crippen LogP) is 3.52. The van der Waals surface area contributed by atoms with Gasteiger partial charge in [-0.1, -0.05) is 30.7 Å². The summed E-state index contributed by atoms with van der Waals surface area (Å²) in [5, 5.41) is 4.32. The minimum Gasteiger partial charge on any atom is -0.317 e. The van der Waals surface area contributed by atoms with Gasteiger partial charge in [-0.05, 0) is 63.0 Å². The molecule has 1 heterocycles. The summed E-state index contributed by atoms with van der Waals surface area (Å²) < 4.78 is 0. The third-order valence-corrected chi connectivity index (χ3v) is 4.38. The third-order valence-electron chi connectivity index (χ3n) is 4.15. The summed E-state index contributed by atoms with van der Waals surface area (Å²) in [7, 11) is 2.26. The lowest BCUT2D eigenvalue weighted by Crippen LogP contribution is -2.35. The third kappa shape index (κ3) is 4.48. The van der Waals surface area contributed by atoms with E-state index in [0.29, 0.717) is 5.92 Å². The van der Waals surface area contributed by atoms with Crippen LogP contribution in [0.1, 0.15) is 37.7 Å². The van der Waals surface area contributed by atoms with E-state index in [-0.39, 0.29) is 0 Å². The fourth-order valence-corrected chi connectivity index (χ4v) is 3.14. The average Bonchev–Trinajstić information content (AvgIpc) is 2.67. The smallest absolute Gasteiger partial charge is 0.0408 e. The van der Waals surface area contributed by atoms with E-state index in [1.165, 1.54) is 31.4 Å². The summed E-state index contributed by atoms with van der Waals surface area (Å²) in [5.74, 6) is 0.528. The van der Waals surface area contributed by atoms with Crippen molar-refractivity contribution < 1.29 is 0 Å². The Morgan fingerprint density at radius 3 is 3.00 bits per heavy atom. The highest BCUT2D eigenvalue weighted by atomic mass is 35.5. The van der Waals surface area contributed by atoms with Gasteiger partial charge in [-0.15, -0.1) is 0 Å². The lowest BCUT2D eigenvalue weighted by atomic mass is 9.99. The molecule has 0 aromatic heterocycles.